The molecule has 22 heavy (non-hydrogen) atoms. The predicted molar refractivity (Wildman–Crippen MR) is 91.7 cm³/mol. The van der Waals surface area contributed by atoms with Crippen LogP contribution in [0.3, 0.4) is 0 Å². The number of sulfonamides is 1. The Hall–Kier alpha value is -1.40. The molecular formula is C16H21ClN2O2S. The van der Waals surface area contributed by atoms with Gasteiger partial charge in [0.25, 0.3) is 0 Å². The highest BCUT2D eigenvalue weighted by molar-refractivity contribution is 7.89. The van der Waals surface area contributed by atoms with Gasteiger partial charge in [0.05, 0.1) is 4.90 Å². The summed E-state index contributed by atoms with van der Waals surface area (Å²) in [6.45, 7) is 3.77. The fourth-order valence-corrected chi connectivity index (χ4v) is 2.63. The van der Waals surface area contributed by atoms with Crippen molar-refractivity contribution >= 4 is 22.4 Å². The Morgan fingerprint density at radius 2 is 1.68 bits per heavy atom. The van der Waals surface area contributed by atoms with Crippen molar-refractivity contribution < 1.29 is 8.42 Å². The normalized spacial score (nSPS) is 11.0. The van der Waals surface area contributed by atoms with E-state index >= 15 is 0 Å². The van der Waals surface area contributed by atoms with Crippen molar-refractivity contribution in [2.45, 2.75) is 24.8 Å². The Morgan fingerprint density at radius 3 is 2.27 bits per heavy atom. The number of primary sulfonamides is 1. The summed E-state index contributed by atoms with van der Waals surface area (Å²) in [6, 6.07) is 15.0. The number of hydrogen-bond donors (Lipinski definition) is 2. The van der Waals surface area contributed by atoms with Crippen LogP contribution in [0.5, 0.6) is 0 Å². The molecule has 0 amide bonds. The van der Waals surface area contributed by atoms with E-state index in [-0.39, 0.29) is 17.3 Å². The van der Waals surface area contributed by atoms with Crippen molar-refractivity contribution in [3.63, 3.8) is 0 Å². The monoisotopic (exact) mass is 340 g/mol. The van der Waals surface area contributed by atoms with Gasteiger partial charge in [-0.25, -0.2) is 13.6 Å². The van der Waals surface area contributed by atoms with Crippen LogP contribution in [0.15, 0.2) is 53.4 Å². The molecule has 4 nitrogen and oxygen atoms in total. The zero-order valence-corrected chi connectivity index (χ0v) is 14.1. The van der Waals surface area contributed by atoms with E-state index in [1.807, 2.05) is 12.1 Å². The minimum atomic E-state index is -3.60. The third-order valence-electron chi connectivity index (χ3n) is 3.42. The van der Waals surface area contributed by atoms with E-state index < -0.39 is 10.0 Å². The molecule has 0 fully saturated rings. The molecule has 0 aliphatic heterocycles. The van der Waals surface area contributed by atoms with E-state index in [9.17, 15) is 8.42 Å². The fraction of sp³-hybridized carbons (Fsp3) is 0.250. The van der Waals surface area contributed by atoms with Crippen LogP contribution in [0.2, 0.25) is 0 Å². The van der Waals surface area contributed by atoms with Gasteiger partial charge in [-0.2, -0.15) is 0 Å². The van der Waals surface area contributed by atoms with Crippen molar-refractivity contribution in [3.05, 3.63) is 65.2 Å². The maximum atomic E-state index is 11.2. The van der Waals surface area contributed by atoms with Gasteiger partial charge in [-0.15, -0.1) is 12.4 Å². The van der Waals surface area contributed by atoms with Crippen LogP contribution in [-0.4, -0.2) is 15.0 Å². The van der Waals surface area contributed by atoms with E-state index in [2.05, 4.69) is 24.4 Å². The van der Waals surface area contributed by atoms with Gasteiger partial charge < -0.3 is 5.32 Å². The number of hydrogen-bond acceptors (Lipinski definition) is 3. The third-order valence-corrected chi connectivity index (χ3v) is 4.35. The summed E-state index contributed by atoms with van der Waals surface area (Å²) in [4.78, 5) is 0.152. The van der Waals surface area contributed by atoms with Gasteiger partial charge in [0, 0.05) is 6.54 Å². The molecule has 0 bridgehead atoms. The lowest BCUT2D eigenvalue weighted by Crippen LogP contribution is -2.17. The molecule has 0 saturated heterocycles. The lowest BCUT2D eigenvalue weighted by atomic mass is 10.1. The third kappa shape index (κ3) is 5.42. The van der Waals surface area contributed by atoms with Crippen LogP contribution >= 0.6 is 12.4 Å². The smallest absolute Gasteiger partial charge is 0.238 e. The van der Waals surface area contributed by atoms with Crippen LogP contribution in [0.25, 0.3) is 0 Å². The van der Waals surface area contributed by atoms with Gasteiger partial charge in [-0.1, -0.05) is 36.4 Å². The molecular weight excluding hydrogens is 320 g/mol. The number of benzene rings is 2. The van der Waals surface area contributed by atoms with Crippen molar-refractivity contribution in [3.8, 4) is 0 Å². The fourth-order valence-electron chi connectivity index (χ4n) is 2.11. The second-order valence-electron chi connectivity index (χ2n) is 5.04. The van der Waals surface area contributed by atoms with Gasteiger partial charge in [-0.05, 0) is 48.7 Å². The Bertz CT molecular complexity index is 700. The Labute approximate surface area is 138 Å². The maximum absolute atomic E-state index is 11.2. The summed E-state index contributed by atoms with van der Waals surface area (Å²) in [5, 5.41) is 8.46. The summed E-state index contributed by atoms with van der Waals surface area (Å²) < 4.78 is 22.3. The lowest BCUT2D eigenvalue weighted by molar-refractivity contribution is 0.597. The maximum Gasteiger partial charge on any atom is 0.238 e. The number of aryl methyl sites for hydroxylation is 1. The molecule has 0 spiro atoms. The average molecular weight is 341 g/mol. The predicted octanol–water partition coefficient (Wildman–Crippen LogP) is 2.40. The highest BCUT2D eigenvalue weighted by Crippen LogP contribution is 2.09. The van der Waals surface area contributed by atoms with Gasteiger partial charge in [0.15, 0.2) is 0 Å². The molecule has 0 unspecified atom stereocenters. The zero-order valence-electron chi connectivity index (χ0n) is 12.5. The highest BCUT2D eigenvalue weighted by atomic mass is 35.5. The SMILES string of the molecule is Cc1ccccc1CNCCc1ccc(S(N)(=O)=O)cc1.Cl. The summed E-state index contributed by atoms with van der Waals surface area (Å²) >= 11 is 0. The van der Waals surface area contributed by atoms with Crippen LogP contribution < -0.4 is 10.5 Å². The molecule has 0 radical (unpaired) electrons. The Morgan fingerprint density at radius 1 is 1.05 bits per heavy atom. The zero-order chi connectivity index (χ0) is 15.3. The quantitative estimate of drug-likeness (QED) is 0.793. The molecule has 2 rings (SSSR count). The van der Waals surface area contributed by atoms with Crippen molar-refractivity contribution in [1.29, 1.82) is 0 Å². The largest absolute Gasteiger partial charge is 0.312 e. The van der Waals surface area contributed by atoms with E-state index in [0.29, 0.717) is 0 Å². The topological polar surface area (TPSA) is 72.2 Å². The molecule has 120 valence electrons. The van der Waals surface area contributed by atoms with E-state index in [0.717, 1.165) is 25.1 Å². The Balaban J connectivity index is 0.00000242. The second-order valence-corrected chi connectivity index (χ2v) is 6.60. The van der Waals surface area contributed by atoms with Crippen molar-refractivity contribution in [2.24, 2.45) is 5.14 Å². The summed E-state index contributed by atoms with van der Waals surface area (Å²) in [6.07, 6.45) is 0.844. The molecule has 6 heteroatoms. The van der Waals surface area contributed by atoms with Gasteiger partial charge >= 0.3 is 0 Å². The summed E-state index contributed by atoms with van der Waals surface area (Å²) in [7, 11) is -3.60. The Kier molecular flexibility index (Phi) is 7.03. The molecule has 0 aliphatic rings. The van der Waals surface area contributed by atoms with Crippen LogP contribution in [0.1, 0.15) is 16.7 Å². The minimum absolute atomic E-state index is 0. The standard InChI is InChI=1S/C16H20N2O2S.ClH/c1-13-4-2-3-5-15(13)12-18-11-10-14-6-8-16(9-7-14)21(17,19)20;/h2-9,18H,10-12H2,1H3,(H2,17,19,20);1H. The highest BCUT2D eigenvalue weighted by Gasteiger charge is 2.06. The van der Waals surface area contributed by atoms with Gasteiger partial charge in [-0.3, -0.25) is 0 Å². The number of nitrogens with one attached hydrogen (secondary N) is 1. The molecule has 2 aromatic carbocycles. The van der Waals surface area contributed by atoms with Crippen LogP contribution in [-0.2, 0) is 23.0 Å². The molecule has 0 aromatic heterocycles. The first-order valence-corrected chi connectivity index (χ1v) is 8.38. The van der Waals surface area contributed by atoms with Gasteiger partial charge in [0.2, 0.25) is 10.0 Å². The van der Waals surface area contributed by atoms with Crippen LogP contribution in [0.4, 0.5) is 0 Å². The van der Waals surface area contributed by atoms with E-state index in [1.165, 1.54) is 11.1 Å². The molecule has 0 heterocycles. The van der Waals surface area contributed by atoms with E-state index in [4.69, 9.17) is 5.14 Å². The summed E-state index contributed by atoms with van der Waals surface area (Å²) in [5.74, 6) is 0. The van der Waals surface area contributed by atoms with E-state index in [1.54, 1.807) is 24.3 Å². The summed E-state index contributed by atoms with van der Waals surface area (Å²) in [5.41, 5.74) is 3.66. The second kappa shape index (κ2) is 8.29. The molecule has 3 N–H and O–H groups in total. The molecule has 2 aromatic rings. The number of halogens is 1. The number of nitrogens with two attached hydrogens (primary N) is 1. The lowest BCUT2D eigenvalue weighted by Gasteiger charge is -2.08. The first-order valence-electron chi connectivity index (χ1n) is 6.84. The molecule has 0 saturated carbocycles. The first-order chi connectivity index (χ1) is 9.97. The van der Waals surface area contributed by atoms with Gasteiger partial charge in [0.1, 0.15) is 0 Å². The number of rotatable bonds is 6. The average Bonchev–Trinajstić information content (AvgIpc) is 2.45. The molecule has 0 aliphatic carbocycles. The first kappa shape index (κ1) is 18.6. The van der Waals surface area contributed by atoms with Crippen LogP contribution in [0, 0.1) is 6.92 Å². The van der Waals surface area contributed by atoms with Crippen molar-refractivity contribution in [1.82, 2.24) is 5.32 Å². The minimum Gasteiger partial charge on any atom is -0.312 e. The van der Waals surface area contributed by atoms with Crippen molar-refractivity contribution in [2.75, 3.05) is 6.54 Å². The molecule has 0 atom stereocenters.